The van der Waals surface area contributed by atoms with E-state index >= 15 is 0 Å². The van der Waals surface area contributed by atoms with Gasteiger partial charge in [0.2, 0.25) is 5.91 Å². The number of anilines is 1. The summed E-state index contributed by atoms with van der Waals surface area (Å²) in [6, 6.07) is 16.0. The second-order valence-corrected chi connectivity index (χ2v) is 8.95. The number of nitrogens with one attached hydrogen (secondary N) is 1. The zero-order chi connectivity index (χ0) is 16.4. The number of para-hydroxylation sites is 2. The molecule has 0 radical (unpaired) electrons. The summed E-state index contributed by atoms with van der Waals surface area (Å²) >= 11 is 5.26. The van der Waals surface area contributed by atoms with E-state index in [9.17, 15) is 4.79 Å². The Hall–Kier alpha value is -1.50. The predicted octanol–water partition coefficient (Wildman–Crippen LogP) is 4.75. The molecule has 0 aliphatic carbocycles. The van der Waals surface area contributed by atoms with Crippen molar-refractivity contribution in [2.45, 2.75) is 5.25 Å². The maximum absolute atomic E-state index is 12.6. The fourth-order valence-corrected chi connectivity index (χ4v) is 6.18. The van der Waals surface area contributed by atoms with Crippen molar-refractivity contribution in [1.29, 1.82) is 0 Å². The number of thioether (sulfide) groups is 2. The van der Waals surface area contributed by atoms with Gasteiger partial charge in [0.05, 0.1) is 21.2 Å². The van der Waals surface area contributed by atoms with Gasteiger partial charge in [-0.15, -0.1) is 23.1 Å². The summed E-state index contributed by atoms with van der Waals surface area (Å²) in [7, 11) is 0. The lowest BCUT2D eigenvalue weighted by Gasteiger charge is -2.20. The number of benzene rings is 2. The molecule has 2 aromatic carbocycles. The van der Waals surface area contributed by atoms with Crippen LogP contribution in [0.2, 0.25) is 0 Å². The van der Waals surface area contributed by atoms with Crippen molar-refractivity contribution in [3.63, 3.8) is 0 Å². The Morgan fingerprint density at radius 1 is 1.08 bits per heavy atom. The van der Waals surface area contributed by atoms with E-state index in [4.69, 9.17) is 4.98 Å². The highest BCUT2D eigenvalue weighted by Crippen LogP contribution is 2.35. The van der Waals surface area contributed by atoms with Crippen LogP contribution in [-0.4, -0.2) is 33.4 Å². The van der Waals surface area contributed by atoms with Gasteiger partial charge in [-0.3, -0.25) is 4.79 Å². The molecule has 6 heteroatoms. The highest BCUT2D eigenvalue weighted by atomic mass is 32.2. The van der Waals surface area contributed by atoms with E-state index in [0.29, 0.717) is 0 Å². The molecule has 1 aliphatic heterocycles. The monoisotopic (exact) mass is 372 g/mol. The van der Waals surface area contributed by atoms with E-state index in [1.165, 1.54) is 0 Å². The van der Waals surface area contributed by atoms with E-state index in [1.807, 2.05) is 54.2 Å². The quantitative estimate of drug-likeness (QED) is 0.720. The van der Waals surface area contributed by atoms with Crippen LogP contribution >= 0.6 is 34.9 Å². The Balaban J connectivity index is 1.63. The van der Waals surface area contributed by atoms with Crippen molar-refractivity contribution < 1.29 is 4.79 Å². The molecule has 1 aliphatic rings. The lowest BCUT2D eigenvalue weighted by Crippen LogP contribution is -2.30. The summed E-state index contributed by atoms with van der Waals surface area (Å²) in [6.07, 6.45) is 0. The smallest absolute Gasteiger partial charge is 0.238 e. The minimum absolute atomic E-state index is 0.0344. The summed E-state index contributed by atoms with van der Waals surface area (Å²) < 4.78 is 1.16. The maximum Gasteiger partial charge on any atom is 0.238 e. The number of carbonyl (C=O) groups excluding carboxylic acids is 1. The topological polar surface area (TPSA) is 42.0 Å². The first kappa shape index (κ1) is 16.0. The van der Waals surface area contributed by atoms with Gasteiger partial charge in [-0.2, -0.15) is 11.8 Å². The molecule has 0 bridgehead atoms. The molecular weight excluding hydrogens is 356 g/mol. The second-order valence-electron chi connectivity index (χ2n) is 5.46. The largest absolute Gasteiger partial charge is 0.324 e. The van der Waals surface area contributed by atoms with E-state index in [2.05, 4.69) is 11.4 Å². The number of fused-ring (bicyclic) bond motifs is 1. The third-order valence-electron chi connectivity index (χ3n) is 3.82. The highest BCUT2D eigenvalue weighted by Gasteiger charge is 2.23. The zero-order valence-electron chi connectivity index (χ0n) is 12.9. The molecule has 3 nitrogen and oxygen atoms in total. The molecule has 1 amide bonds. The van der Waals surface area contributed by atoms with Crippen LogP contribution in [0.15, 0.2) is 48.5 Å². The summed E-state index contributed by atoms with van der Waals surface area (Å²) in [4.78, 5) is 17.3. The molecule has 0 spiro atoms. The van der Waals surface area contributed by atoms with Gasteiger partial charge in [-0.05, 0) is 24.3 Å². The first-order valence-corrected chi connectivity index (χ1v) is 10.8. The van der Waals surface area contributed by atoms with E-state index in [0.717, 1.165) is 43.7 Å². The Labute approximate surface area is 153 Å². The molecule has 1 aromatic heterocycles. The van der Waals surface area contributed by atoms with Crippen molar-refractivity contribution in [1.82, 2.24) is 4.98 Å². The Morgan fingerprint density at radius 2 is 1.92 bits per heavy atom. The van der Waals surface area contributed by atoms with Gasteiger partial charge >= 0.3 is 0 Å². The van der Waals surface area contributed by atoms with E-state index in [-0.39, 0.29) is 11.2 Å². The minimum atomic E-state index is 0.0344. The number of amides is 1. The molecule has 122 valence electrons. The van der Waals surface area contributed by atoms with Gasteiger partial charge in [-0.1, -0.05) is 24.3 Å². The summed E-state index contributed by atoms with van der Waals surface area (Å²) in [6.45, 7) is 0. The molecule has 1 fully saturated rings. The van der Waals surface area contributed by atoms with Crippen molar-refractivity contribution in [3.8, 4) is 10.6 Å². The van der Waals surface area contributed by atoms with Crippen LogP contribution in [0, 0.1) is 0 Å². The SMILES string of the molecule is O=C(Nc1ccccc1-c1nc2ccccc2s1)C1CSCCS1. The molecular formula is C18H16N2OS3. The predicted molar refractivity (Wildman–Crippen MR) is 107 cm³/mol. The van der Waals surface area contributed by atoms with Crippen LogP contribution < -0.4 is 5.32 Å². The Morgan fingerprint density at radius 3 is 2.75 bits per heavy atom. The van der Waals surface area contributed by atoms with E-state index in [1.54, 1.807) is 23.1 Å². The molecule has 1 N–H and O–H groups in total. The fourth-order valence-electron chi connectivity index (χ4n) is 2.62. The van der Waals surface area contributed by atoms with E-state index < -0.39 is 0 Å². The zero-order valence-corrected chi connectivity index (χ0v) is 15.3. The molecule has 4 rings (SSSR count). The van der Waals surface area contributed by atoms with Crippen LogP contribution in [0.4, 0.5) is 5.69 Å². The number of rotatable bonds is 3. The van der Waals surface area contributed by atoms with Crippen molar-refractivity contribution in [2.24, 2.45) is 0 Å². The van der Waals surface area contributed by atoms with Gasteiger partial charge in [0.25, 0.3) is 0 Å². The number of carbonyl (C=O) groups is 1. The Kier molecular flexibility index (Phi) is 4.78. The molecule has 1 atom stereocenters. The standard InChI is InChI=1S/C18H16N2OS3/c21-17(16-11-22-9-10-23-16)19-13-6-2-1-5-12(13)18-20-14-7-3-4-8-15(14)24-18/h1-8,16H,9-11H2,(H,19,21). The summed E-state index contributed by atoms with van der Waals surface area (Å²) in [5.74, 6) is 3.17. The summed E-state index contributed by atoms with van der Waals surface area (Å²) in [5.41, 5.74) is 2.83. The molecule has 1 saturated heterocycles. The minimum Gasteiger partial charge on any atom is -0.324 e. The van der Waals surface area contributed by atoms with Crippen molar-refractivity contribution >= 4 is 56.7 Å². The maximum atomic E-state index is 12.6. The number of nitrogens with zero attached hydrogens (tertiary/aromatic N) is 1. The Bertz CT molecular complexity index is 838. The molecule has 2 heterocycles. The van der Waals surface area contributed by atoms with Crippen LogP contribution in [0.5, 0.6) is 0 Å². The number of hydrogen-bond acceptors (Lipinski definition) is 5. The highest BCUT2D eigenvalue weighted by molar-refractivity contribution is 8.07. The van der Waals surface area contributed by atoms with Gasteiger partial charge in [0, 0.05) is 22.8 Å². The van der Waals surface area contributed by atoms with Crippen molar-refractivity contribution in [2.75, 3.05) is 22.6 Å². The number of aromatic nitrogens is 1. The lowest BCUT2D eigenvalue weighted by atomic mass is 10.2. The number of hydrogen-bond donors (Lipinski definition) is 1. The van der Waals surface area contributed by atoms with Crippen LogP contribution in [-0.2, 0) is 4.79 Å². The normalized spacial score (nSPS) is 17.8. The van der Waals surface area contributed by atoms with Crippen LogP contribution in [0.3, 0.4) is 0 Å². The van der Waals surface area contributed by atoms with Crippen LogP contribution in [0.1, 0.15) is 0 Å². The van der Waals surface area contributed by atoms with Gasteiger partial charge in [-0.25, -0.2) is 4.98 Å². The fraction of sp³-hybridized carbons (Fsp3) is 0.222. The first-order chi connectivity index (χ1) is 11.8. The average molecular weight is 373 g/mol. The van der Waals surface area contributed by atoms with Gasteiger partial charge in [0.1, 0.15) is 5.01 Å². The molecule has 24 heavy (non-hydrogen) atoms. The van der Waals surface area contributed by atoms with Crippen LogP contribution in [0.25, 0.3) is 20.8 Å². The lowest BCUT2D eigenvalue weighted by molar-refractivity contribution is -0.115. The third-order valence-corrected chi connectivity index (χ3v) is 7.64. The third kappa shape index (κ3) is 3.31. The van der Waals surface area contributed by atoms with Crippen molar-refractivity contribution in [3.05, 3.63) is 48.5 Å². The molecule has 0 saturated carbocycles. The number of thiazole rings is 1. The molecule has 1 unspecified atom stereocenters. The average Bonchev–Trinajstić information content (AvgIpc) is 3.07. The first-order valence-electron chi connectivity index (χ1n) is 7.76. The second kappa shape index (κ2) is 7.17. The van der Waals surface area contributed by atoms with Gasteiger partial charge in [0.15, 0.2) is 0 Å². The van der Waals surface area contributed by atoms with Gasteiger partial charge < -0.3 is 5.32 Å². The molecule has 3 aromatic rings. The summed E-state index contributed by atoms with van der Waals surface area (Å²) in [5, 5.41) is 4.09.